The number of ether oxygens (including phenoxy) is 3. The van der Waals surface area contributed by atoms with Gasteiger partial charge in [0.2, 0.25) is 5.79 Å². The highest BCUT2D eigenvalue weighted by Gasteiger charge is 2.88. The van der Waals surface area contributed by atoms with Crippen molar-refractivity contribution >= 4 is 5.78 Å². The molecule has 0 aromatic heterocycles. The quantitative estimate of drug-likeness (QED) is 0.512. The van der Waals surface area contributed by atoms with E-state index >= 15 is 0 Å². The van der Waals surface area contributed by atoms with Gasteiger partial charge in [-0.3, -0.25) is 4.79 Å². The zero-order chi connectivity index (χ0) is 19.9. The summed E-state index contributed by atoms with van der Waals surface area (Å²) in [5.41, 5.74) is -0.859. The predicted molar refractivity (Wildman–Crippen MR) is 101 cm³/mol. The molecule has 3 spiro atoms. The first kappa shape index (κ1) is 17.8. The number of hydrogen-bond donors (Lipinski definition) is 1. The lowest BCUT2D eigenvalue weighted by Gasteiger charge is -2.76. The Kier molecular flexibility index (Phi) is 2.97. The van der Waals surface area contributed by atoms with Crippen LogP contribution in [0.5, 0.6) is 0 Å². The molecule has 5 heteroatoms. The van der Waals surface area contributed by atoms with Crippen molar-refractivity contribution in [1.82, 2.24) is 0 Å². The van der Waals surface area contributed by atoms with E-state index in [1.54, 1.807) is 0 Å². The Labute approximate surface area is 166 Å². The van der Waals surface area contributed by atoms with Crippen molar-refractivity contribution in [3.63, 3.8) is 0 Å². The van der Waals surface area contributed by atoms with Crippen molar-refractivity contribution in [2.24, 2.45) is 34.0 Å². The molecule has 1 N–H and O–H groups in total. The van der Waals surface area contributed by atoms with Gasteiger partial charge >= 0.3 is 0 Å². The molecule has 3 unspecified atom stereocenters. The SMILES string of the molecule is C=C1C(=O)[C@@]23C4CC[C@@H]1[C@H]2OC(C)(C)OC31OC[C@]42C=CCC(C)(C)C2[C@@H]1O. The van der Waals surface area contributed by atoms with Crippen molar-refractivity contribution < 1.29 is 24.1 Å². The number of carbonyl (C=O) groups excluding carboxylic acids is 1. The molecule has 4 aliphatic carbocycles. The third-order valence-corrected chi connectivity index (χ3v) is 9.01. The van der Waals surface area contributed by atoms with Crippen LogP contribution in [0.2, 0.25) is 0 Å². The number of aliphatic hydroxyl groups excluding tert-OH is 1. The minimum absolute atomic E-state index is 0.00569. The molecule has 3 aliphatic heterocycles. The molecular formula is C23H30O5. The Balaban J connectivity index is 1.69. The van der Waals surface area contributed by atoms with Crippen LogP contribution in [0.4, 0.5) is 0 Å². The third-order valence-electron chi connectivity index (χ3n) is 9.01. The van der Waals surface area contributed by atoms with Gasteiger partial charge in [0.25, 0.3) is 0 Å². The van der Waals surface area contributed by atoms with Gasteiger partial charge in [-0.1, -0.05) is 32.6 Å². The highest BCUT2D eigenvalue weighted by Crippen LogP contribution is 2.78. The van der Waals surface area contributed by atoms with Crippen LogP contribution >= 0.6 is 0 Å². The van der Waals surface area contributed by atoms with E-state index in [1.165, 1.54) is 0 Å². The topological polar surface area (TPSA) is 65.0 Å². The maximum absolute atomic E-state index is 13.9. The van der Waals surface area contributed by atoms with Crippen LogP contribution in [0.3, 0.4) is 0 Å². The standard InChI is InChI=1S/C23H30O5/c1-12-13-7-8-14-21-10-6-9-19(2,3)15(21)17(25)23(26-11-21)22(14,16(12)24)18(13)27-20(4,5)28-23/h6,10,13-15,17-18,25H,1,7-9,11H2,2-5H3/t13-,14?,15?,17-,18+,21+,22-,23?/m0/s1. The summed E-state index contributed by atoms with van der Waals surface area (Å²) in [5, 5.41) is 11.9. The Morgan fingerprint density at radius 1 is 1.21 bits per heavy atom. The second kappa shape index (κ2) is 4.66. The van der Waals surface area contributed by atoms with Crippen molar-refractivity contribution in [3.8, 4) is 0 Å². The van der Waals surface area contributed by atoms with E-state index in [0.717, 1.165) is 19.3 Å². The van der Waals surface area contributed by atoms with Gasteiger partial charge in [0, 0.05) is 17.3 Å². The van der Waals surface area contributed by atoms with Gasteiger partial charge in [0.1, 0.15) is 11.5 Å². The molecule has 7 rings (SSSR count). The Morgan fingerprint density at radius 2 is 1.96 bits per heavy atom. The second-order valence-electron chi connectivity index (χ2n) is 11.1. The minimum Gasteiger partial charge on any atom is -0.387 e. The van der Waals surface area contributed by atoms with E-state index < -0.39 is 23.1 Å². The van der Waals surface area contributed by atoms with Crippen LogP contribution in [0, 0.1) is 34.0 Å². The summed E-state index contributed by atoms with van der Waals surface area (Å²) in [6.07, 6.45) is 5.95. The molecule has 4 bridgehead atoms. The minimum atomic E-state index is -1.37. The first-order valence-electron chi connectivity index (χ1n) is 10.6. The van der Waals surface area contributed by atoms with Crippen molar-refractivity contribution in [3.05, 3.63) is 24.3 Å². The normalized spacial score (nSPS) is 57.1. The van der Waals surface area contributed by atoms with Gasteiger partial charge in [0.05, 0.1) is 12.7 Å². The van der Waals surface area contributed by atoms with Gasteiger partial charge < -0.3 is 19.3 Å². The summed E-state index contributed by atoms with van der Waals surface area (Å²) >= 11 is 0. The summed E-state index contributed by atoms with van der Waals surface area (Å²) in [7, 11) is 0. The molecule has 3 heterocycles. The number of carbonyl (C=O) groups is 1. The van der Waals surface area contributed by atoms with Crippen LogP contribution in [0.15, 0.2) is 24.3 Å². The Morgan fingerprint density at radius 3 is 2.71 bits per heavy atom. The molecule has 8 atom stereocenters. The maximum Gasteiger partial charge on any atom is 0.213 e. The zero-order valence-electron chi connectivity index (χ0n) is 17.2. The molecule has 0 radical (unpaired) electrons. The van der Waals surface area contributed by atoms with E-state index in [4.69, 9.17) is 14.2 Å². The number of hydrogen-bond acceptors (Lipinski definition) is 5. The number of fused-ring (bicyclic) bond motifs is 1. The fourth-order valence-corrected chi connectivity index (χ4v) is 8.39. The lowest BCUT2D eigenvalue weighted by Crippen LogP contribution is -2.86. The monoisotopic (exact) mass is 386 g/mol. The van der Waals surface area contributed by atoms with E-state index in [1.807, 2.05) is 13.8 Å². The molecule has 6 fully saturated rings. The number of rotatable bonds is 0. The maximum atomic E-state index is 13.9. The van der Waals surface area contributed by atoms with Crippen molar-refractivity contribution in [1.29, 1.82) is 0 Å². The number of ketones is 1. The molecule has 3 saturated carbocycles. The molecule has 7 aliphatic rings. The van der Waals surface area contributed by atoms with Gasteiger partial charge in [-0.05, 0) is 50.0 Å². The lowest BCUT2D eigenvalue weighted by molar-refractivity contribution is -0.523. The highest BCUT2D eigenvalue weighted by atomic mass is 16.8. The van der Waals surface area contributed by atoms with Crippen LogP contribution in [-0.4, -0.2) is 41.3 Å². The third kappa shape index (κ3) is 1.53. The van der Waals surface area contributed by atoms with Gasteiger partial charge in [-0.25, -0.2) is 0 Å². The number of Topliss-reactive ketones (excluding diaryl/α,β-unsaturated/α-hetero) is 1. The molecule has 0 amide bonds. The van der Waals surface area contributed by atoms with Gasteiger partial charge in [-0.2, -0.15) is 0 Å². The summed E-state index contributed by atoms with van der Waals surface area (Å²) in [6.45, 7) is 12.8. The average molecular weight is 386 g/mol. The Bertz CT molecular complexity index is 842. The second-order valence-corrected chi connectivity index (χ2v) is 11.1. The van der Waals surface area contributed by atoms with Crippen LogP contribution in [0.25, 0.3) is 0 Å². The number of allylic oxidation sites excluding steroid dienone is 1. The molecule has 152 valence electrons. The van der Waals surface area contributed by atoms with Crippen molar-refractivity contribution in [2.45, 2.75) is 70.7 Å². The molecule has 5 nitrogen and oxygen atoms in total. The molecule has 3 saturated heterocycles. The van der Waals surface area contributed by atoms with Crippen LogP contribution in [-0.2, 0) is 19.0 Å². The molecular weight excluding hydrogens is 356 g/mol. The first-order chi connectivity index (χ1) is 13.0. The summed E-state index contributed by atoms with van der Waals surface area (Å²) in [4.78, 5) is 13.9. The van der Waals surface area contributed by atoms with E-state index in [0.29, 0.717) is 12.2 Å². The first-order valence-corrected chi connectivity index (χ1v) is 10.6. The fraction of sp³-hybridized carbons (Fsp3) is 0.783. The summed E-state index contributed by atoms with van der Waals surface area (Å²) < 4.78 is 19.4. The number of aliphatic hydroxyl groups is 1. The van der Waals surface area contributed by atoms with Crippen LogP contribution in [0.1, 0.15) is 47.0 Å². The average Bonchev–Trinajstić information content (AvgIpc) is 2.71. The molecule has 0 aromatic carbocycles. The summed E-state index contributed by atoms with van der Waals surface area (Å²) in [6, 6.07) is 0. The van der Waals surface area contributed by atoms with E-state index in [2.05, 4.69) is 32.6 Å². The molecule has 0 aromatic rings. The smallest absolute Gasteiger partial charge is 0.213 e. The summed E-state index contributed by atoms with van der Waals surface area (Å²) in [5.74, 6) is -2.33. The fourth-order valence-electron chi connectivity index (χ4n) is 8.39. The van der Waals surface area contributed by atoms with E-state index in [9.17, 15) is 9.90 Å². The largest absolute Gasteiger partial charge is 0.387 e. The lowest BCUT2D eigenvalue weighted by atomic mass is 9.37. The van der Waals surface area contributed by atoms with Gasteiger partial charge in [-0.15, -0.1) is 0 Å². The Hall–Kier alpha value is -1.01. The van der Waals surface area contributed by atoms with Crippen LogP contribution < -0.4 is 0 Å². The molecule has 28 heavy (non-hydrogen) atoms. The zero-order valence-corrected chi connectivity index (χ0v) is 17.2. The van der Waals surface area contributed by atoms with E-state index in [-0.39, 0.29) is 40.5 Å². The van der Waals surface area contributed by atoms with Crippen molar-refractivity contribution in [2.75, 3.05) is 6.61 Å². The van der Waals surface area contributed by atoms with Gasteiger partial charge in [0.15, 0.2) is 11.6 Å². The highest BCUT2D eigenvalue weighted by molar-refractivity contribution is 6.05. The predicted octanol–water partition coefficient (Wildman–Crippen LogP) is 2.98.